The molecule has 0 N–H and O–H groups in total. The number of esters is 1. The van der Waals surface area contributed by atoms with Gasteiger partial charge in [-0.15, -0.1) is 0 Å². The molecule has 1 amide bonds. The molecule has 4 heteroatoms. The number of hydrogen-bond acceptors (Lipinski definition) is 3. The maximum Gasteiger partial charge on any atom is 0.327 e. The number of allylic oxidation sites excluding steroid dienone is 2. The summed E-state index contributed by atoms with van der Waals surface area (Å²) < 4.78 is 5.40. The number of rotatable bonds is 10. The highest BCUT2D eigenvalue weighted by Crippen LogP contribution is 2.24. The van der Waals surface area contributed by atoms with Crippen LogP contribution in [0.4, 0.5) is 0 Å². The molecular formula is C19H33NO3. The smallest absolute Gasteiger partial charge is 0.327 e. The second-order valence-electron chi connectivity index (χ2n) is 6.90. The summed E-state index contributed by atoms with van der Waals surface area (Å²) in [6.07, 6.45) is 9.81. The van der Waals surface area contributed by atoms with Crippen LogP contribution in [0, 0.1) is 5.92 Å². The second-order valence-corrected chi connectivity index (χ2v) is 6.90. The molecule has 1 heterocycles. The molecule has 0 radical (unpaired) electrons. The summed E-state index contributed by atoms with van der Waals surface area (Å²) in [7, 11) is 0. The zero-order chi connectivity index (χ0) is 17.2. The zero-order valence-corrected chi connectivity index (χ0v) is 15.3. The normalized spacial score (nSPS) is 18.7. The van der Waals surface area contributed by atoms with E-state index in [-0.39, 0.29) is 30.6 Å². The largest absolute Gasteiger partial charge is 0.440 e. The molecule has 1 saturated heterocycles. The van der Waals surface area contributed by atoms with Crippen LogP contribution < -0.4 is 0 Å². The van der Waals surface area contributed by atoms with E-state index < -0.39 is 0 Å². The number of nitrogens with zero attached hydrogens (tertiary/aromatic N) is 1. The Balaban J connectivity index is 2.46. The van der Waals surface area contributed by atoms with Crippen LogP contribution in [0.2, 0.25) is 0 Å². The van der Waals surface area contributed by atoms with Gasteiger partial charge < -0.3 is 4.74 Å². The molecule has 0 aliphatic carbocycles. The summed E-state index contributed by atoms with van der Waals surface area (Å²) >= 11 is 0. The Hall–Kier alpha value is -1.32. The third-order valence-corrected chi connectivity index (χ3v) is 4.33. The van der Waals surface area contributed by atoms with Gasteiger partial charge in [-0.05, 0) is 33.1 Å². The van der Waals surface area contributed by atoms with Gasteiger partial charge >= 0.3 is 5.97 Å². The summed E-state index contributed by atoms with van der Waals surface area (Å²) in [6, 6.07) is 0. The van der Waals surface area contributed by atoms with Gasteiger partial charge in [0, 0.05) is 12.3 Å². The average Bonchev–Trinajstić information content (AvgIpc) is 2.88. The number of ether oxygens (including phenoxy) is 1. The first-order valence-corrected chi connectivity index (χ1v) is 9.08. The number of hydrogen-bond donors (Lipinski definition) is 0. The quantitative estimate of drug-likeness (QED) is 0.339. The third kappa shape index (κ3) is 7.19. The molecule has 0 aromatic rings. The predicted octanol–water partition coefficient (Wildman–Crippen LogP) is 4.44. The fourth-order valence-electron chi connectivity index (χ4n) is 2.92. The van der Waals surface area contributed by atoms with Crippen molar-refractivity contribution in [2.45, 2.75) is 85.3 Å². The number of carbonyl (C=O) groups is 2. The maximum absolute atomic E-state index is 12.4. The Morgan fingerprint density at radius 1 is 1.30 bits per heavy atom. The van der Waals surface area contributed by atoms with Crippen LogP contribution in [-0.4, -0.2) is 29.5 Å². The van der Waals surface area contributed by atoms with Gasteiger partial charge in [0.25, 0.3) is 0 Å². The highest BCUT2D eigenvalue weighted by atomic mass is 16.6. The van der Waals surface area contributed by atoms with Crippen molar-refractivity contribution in [2.75, 3.05) is 6.54 Å². The van der Waals surface area contributed by atoms with E-state index in [9.17, 15) is 9.59 Å². The summed E-state index contributed by atoms with van der Waals surface area (Å²) in [5.74, 6) is -0.0455. The van der Waals surface area contributed by atoms with Gasteiger partial charge in [-0.2, -0.15) is 0 Å². The van der Waals surface area contributed by atoms with Crippen LogP contribution in [-0.2, 0) is 14.3 Å². The standard InChI is InChI=1S/C19H33NO3/c1-5-6-7-8-9-13-17(21)20-14-18(22)23-19(20)16(4)12-10-11-15(2)3/h11,16,19H,5-10,12-14H2,1-4H3. The van der Waals surface area contributed by atoms with Crippen LogP contribution >= 0.6 is 0 Å². The molecule has 0 bridgehead atoms. The Kier molecular flexibility index (Phi) is 8.97. The number of unbranched alkanes of at least 4 members (excludes halogenated alkanes) is 4. The van der Waals surface area contributed by atoms with E-state index in [4.69, 9.17) is 4.74 Å². The fourth-order valence-corrected chi connectivity index (χ4v) is 2.92. The summed E-state index contributed by atoms with van der Waals surface area (Å²) in [4.78, 5) is 25.7. The van der Waals surface area contributed by atoms with Gasteiger partial charge in [-0.3, -0.25) is 14.5 Å². The molecule has 0 aromatic carbocycles. The minimum absolute atomic E-state index is 0.0615. The van der Waals surface area contributed by atoms with E-state index in [1.165, 1.54) is 24.8 Å². The topological polar surface area (TPSA) is 46.6 Å². The highest BCUT2D eigenvalue weighted by Gasteiger charge is 2.38. The predicted molar refractivity (Wildman–Crippen MR) is 92.8 cm³/mol. The van der Waals surface area contributed by atoms with Crippen molar-refractivity contribution in [2.24, 2.45) is 5.92 Å². The molecule has 23 heavy (non-hydrogen) atoms. The van der Waals surface area contributed by atoms with Crippen molar-refractivity contribution in [3.05, 3.63) is 11.6 Å². The molecular weight excluding hydrogens is 290 g/mol. The second kappa shape index (κ2) is 10.5. The van der Waals surface area contributed by atoms with Crippen molar-refractivity contribution in [1.82, 2.24) is 4.90 Å². The van der Waals surface area contributed by atoms with Crippen LogP contribution in [0.15, 0.2) is 11.6 Å². The van der Waals surface area contributed by atoms with E-state index >= 15 is 0 Å². The molecule has 1 aliphatic heterocycles. The lowest BCUT2D eigenvalue weighted by atomic mass is 10.0. The van der Waals surface area contributed by atoms with Crippen LogP contribution in [0.1, 0.15) is 79.1 Å². The molecule has 0 spiro atoms. The first kappa shape index (κ1) is 19.7. The van der Waals surface area contributed by atoms with Crippen LogP contribution in [0.3, 0.4) is 0 Å². The highest BCUT2D eigenvalue weighted by molar-refractivity contribution is 5.84. The number of amides is 1. The van der Waals surface area contributed by atoms with Crippen molar-refractivity contribution in [3.63, 3.8) is 0 Å². The Bertz CT molecular complexity index is 413. The van der Waals surface area contributed by atoms with Crippen molar-refractivity contribution in [1.29, 1.82) is 0 Å². The van der Waals surface area contributed by atoms with Crippen molar-refractivity contribution in [3.8, 4) is 0 Å². The Labute approximate surface area is 141 Å². The van der Waals surface area contributed by atoms with E-state index in [1.807, 2.05) is 0 Å². The molecule has 4 nitrogen and oxygen atoms in total. The summed E-state index contributed by atoms with van der Waals surface area (Å²) in [5, 5.41) is 0. The van der Waals surface area contributed by atoms with Crippen LogP contribution in [0.25, 0.3) is 0 Å². The van der Waals surface area contributed by atoms with E-state index in [0.717, 1.165) is 25.7 Å². The molecule has 2 unspecified atom stereocenters. The zero-order valence-electron chi connectivity index (χ0n) is 15.3. The lowest BCUT2D eigenvalue weighted by Gasteiger charge is -2.26. The SMILES string of the molecule is CCCCCCCC(=O)N1CC(=O)OC1C(C)CCC=C(C)C. The minimum Gasteiger partial charge on any atom is -0.440 e. The first-order chi connectivity index (χ1) is 11.0. The van der Waals surface area contributed by atoms with Gasteiger partial charge in [-0.1, -0.05) is 51.2 Å². The molecule has 0 saturated carbocycles. The number of cyclic esters (lactones) is 1. The summed E-state index contributed by atoms with van der Waals surface area (Å²) in [6.45, 7) is 8.51. The van der Waals surface area contributed by atoms with Gasteiger partial charge in [-0.25, -0.2) is 0 Å². The van der Waals surface area contributed by atoms with Gasteiger partial charge in [0.05, 0.1) is 0 Å². The molecule has 132 valence electrons. The van der Waals surface area contributed by atoms with Gasteiger partial charge in [0.1, 0.15) is 6.54 Å². The minimum atomic E-state index is -0.379. The van der Waals surface area contributed by atoms with E-state index in [1.54, 1.807) is 4.90 Å². The Morgan fingerprint density at radius 3 is 2.65 bits per heavy atom. The van der Waals surface area contributed by atoms with Gasteiger partial charge in [0.2, 0.25) is 5.91 Å². The molecule has 1 aliphatic rings. The molecule has 2 atom stereocenters. The fraction of sp³-hybridized carbons (Fsp3) is 0.789. The first-order valence-electron chi connectivity index (χ1n) is 9.08. The van der Waals surface area contributed by atoms with E-state index in [2.05, 4.69) is 33.8 Å². The van der Waals surface area contributed by atoms with E-state index in [0.29, 0.717) is 6.42 Å². The number of carbonyl (C=O) groups excluding carboxylic acids is 2. The summed E-state index contributed by atoms with van der Waals surface area (Å²) in [5.41, 5.74) is 1.29. The van der Waals surface area contributed by atoms with Gasteiger partial charge in [0.15, 0.2) is 6.23 Å². The third-order valence-electron chi connectivity index (χ3n) is 4.33. The van der Waals surface area contributed by atoms with Crippen molar-refractivity contribution >= 4 is 11.9 Å². The molecule has 1 rings (SSSR count). The maximum atomic E-state index is 12.4. The molecule has 1 fully saturated rings. The lowest BCUT2D eigenvalue weighted by Crippen LogP contribution is -2.40. The van der Waals surface area contributed by atoms with Crippen molar-refractivity contribution < 1.29 is 14.3 Å². The molecule has 0 aromatic heterocycles. The monoisotopic (exact) mass is 323 g/mol. The van der Waals surface area contributed by atoms with Crippen LogP contribution in [0.5, 0.6) is 0 Å². The average molecular weight is 323 g/mol. The lowest BCUT2D eigenvalue weighted by molar-refractivity contribution is -0.147. The Morgan fingerprint density at radius 2 is 2.00 bits per heavy atom.